The molecule has 0 fully saturated rings. The Morgan fingerprint density at radius 3 is 1.55 bits per heavy atom. The van der Waals surface area contributed by atoms with E-state index in [-0.39, 0.29) is 18.6 Å². The van der Waals surface area contributed by atoms with E-state index in [1.165, 1.54) is 6.92 Å². The van der Waals surface area contributed by atoms with Crippen molar-refractivity contribution >= 4 is 29.8 Å². The Balaban J connectivity index is 7.24. The largest absolute Gasteiger partial charge is 0.466 e. The van der Waals surface area contributed by atoms with Crippen LogP contribution in [0.25, 0.3) is 0 Å². The average molecular weight is 412 g/mol. The van der Waals surface area contributed by atoms with Crippen molar-refractivity contribution in [3.05, 3.63) is 34.4 Å². The highest BCUT2D eigenvalue weighted by molar-refractivity contribution is 6.16. The summed E-state index contributed by atoms with van der Waals surface area (Å²) in [5.41, 5.74) is -1.95. The minimum Gasteiger partial charge on any atom is -0.466 e. The van der Waals surface area contributed by atoms with E-state index in [1.54, 1.807) is 6.92 Å². The van der Waals surface area contributed by atoms with Gasteiger partial charge in [-0.25, -0.2) is 24.0 Å². The number of hydrogen-bond acceptors (Lipinski definition) is 10. The summed E-state index contributed by atoms with van der Waals surface area (Å²) in [6, 6.07) is 0. The lowest BCUT2D eigenvalue weighted by Crippen LogP contribution is -2.23. The van der Waals surface area contributed by atoms with Crippen LogP contribution in [-0.2, 0) is 47.7 Å². The smallest absolute Gasteiger partial charge is 0.339 e. The molecule has 0 radical (unpaired) electrons. The highest BCUT2D eigenvalue weighted by Gasteiger charge is 2.33. The fourth-order valence-electron chi connectivity index (χ4n) is 2.18. The molecule has 0 aromatic rings. The van der Waals surface area contributed by atoms with Crippen LogP contribution in [0.2, 0.25) is 0 Å². The van der Waals surface area contributed by atoms with Crippen molar-refractivity contribution in [3.8, 4) is 0 Å². The van der Waals surface area contributed by atoms with Crippen LogP contribution in [0, 0.1) is 0 Å². The van der Waals surface area contributed by atoms with E-state index in [4.69, 9.17) is 4.74 Å². The molecular formula is C19H24O10. The van der Waals surface area contributed by atoms with Gasteiger partial charge in [0.15, 0.2) is 0 Å². The molecule has 0 saturated heterocycles. The zero-order valence-corrected chi connectivity index (χ0v) is 17.2. The molecule has 29 heavy (non-hydrogen) atoms. The Kier molecular flexibility index (Phi) is 11.3. The molecule has 0 aliphatic rings. The lowest BCUT2D eigenvalue weighted by atomic mass is 9.93. The van der Waals surface area contributed by atoms with Crippen LogP contribution >= 0.6 is 0 Å². The van der Waals surface area contributed by atoms with Crippen molar-refractivity contribution in [2.45, 2.75) is 20.3 Å². The summed E-state index contributed by atoms with van der Waals surface area (Å²) in [5.74, 6) is -5.06. The third-order valence-corrected chi connectivity index (χ3v) is 3.46. The third-order valence-electron chi connectivity index (χ3n) is 3.46. The van der Waals surface area contributed by atoms with Crippen molar-refractivity contribution in [2.24, 2.45) is 0 Å². The average Bonchev–Trinajstić information content (AvgIpc) is 2.73. The monoisotopic (exact) mass is 412 g/mol. The zero-order valence-electron chi connectivity index (χ0n) is 17.2. The molecule has 0 atom stereocenters. The molecule has 0 rings (SSSR count). The molecule has 0 unspecified atom stereocenters. The molecule has 10 nitrogen and oxygen atoms in total. The number of rotatable bonds is 9. The summed E-state index contributed by atoms with van der Waals surface area (Å²) >= 11 is 0. The lowest BCUT2D eigenvalue weighted by Gasteiger charge is -2.15. The van der Waals surface area contributed by atoms with Gasteiger partial charge in [0.25, 0.3) is 0 Å². The molecule has 10 heteroatoms. The molecule has 0 aliphatic heterocycles. The summed E-state index contributed by atoms with van der Waals surface area (Å²) in [6.45, 7) is 3.17. The first-order chi connectivity index (χ1) is 13.7. The lowest BCUT2D eigenvalue weighted by molar-refractivity contribution is -0.141. The normalized spacial score (nSPS) is 12.3. The molecule has 0 heterocycles. The quantitative estimate of drug-likeness (QED) is 0.232. The van der Waals surface area contributed by atoms with Crippen LogP contribution in [0.1, 0.15) is 20.3 Å². The number of hydrogen-bond donors (Lipinski definition) is 0. The number of carbonyl (C=O) groups is 5. The van der Waals surface area contributed by atoms with Gasteiger partial charge in [-0.2, -0.15) is 0 Å². The SMILES string of the molecule is CCOC(=O)/C=C/C(C(=O)OC)=C(C(=O)OC)\C(C(=O)OC)=C(/CC)C(=O)OC. The van der Waals surface area contributed by atoms with E-state index in [2.05, 4.69) is 18.9 Å². The molecule has 0 aromatic heterocycles. The van der Waals surface area contributed by atoms with Gasteiger partial charge in [-0.1, -0.05) is 6.92 Å². The first kappa shape index (κ1) is 25.6. The van der Waals surface area contributed by atoms with Crippen molar-refractivity contribution in [1.29, 1.82) is 0 Å². The maximum atomic E-state index is 12.5. The Hall–Kier alpha value is -3.43. The molecule has 0 saturated carbocycles. The Morgan fingerprint density at radius 2 is 1.14 bits per heavy atom. The molecule has 0 aromatic carbocycles. The number of carbonyl (C=O) groups excluding carboxylic acids is 5. The molecule has 0 N–H and O–H groups in total. The molecule has 0 amide bonds. The fourth-order valence-corrected chi connectivity index (χ4v) is 2.18. The maximum Gasteiger partial charge on any atom is 0.339 e. The predicted octanol–water partition coefficient (Wildman–Crippen LogP) is 0.801. The van der Waals surface area contributed by atoms with E-state index >= 15 is 0 Å². The van der Waals surface area contributed by atoms with Gasteiger partial charge in [0.1, 0.15) is 0 Å². The summed E-state index contributed by atoms with van der Waals surface area (Å²) in [7, 11) is 4.13. The van der Waals surface area contributed by atoms with Crippen LogP contribution in [0.4, 0.5) is 0 Å². The van der Waals surface area contributed by atoms with Gasteiger partial charge in [-0.15, -0.1) is 0 Å². The van der Waals surface area contributed by atoms with Gasteiger partial charge >= 0.3 is 29.8 Å². The first-order valence-electron chi connectivity index (χ1n) is 8.39. The zero-order chi connectivity index (χ0) is 22.6. The standard InChI is InChI=1S/C19H24O10/c1-7-11(16(21)25-3)14(18(23)27-5)15(19(24)28-6)12(17(22)26-4)9-10-13(20)29-8-2/h9-10H,7-8H2,1-6H3/b10-9+,14-11-,15-12-. The Bertz CT molecular complexity index is 755. The second-order valence-corrected chi connectivity index (χ2v) is 5.05. The van der Waals surface area contributed by atoms with E-state index in [0.717, 1.165) is 40.6 Å². The van der Waals surface area contributed by atoms with E-state index in [9.17, 15) is 24.0 Å². The Morgan fingerprint density at radius 1 is 0.655 bits per heavy atom. The van der Waals surface area contributed by atoms with Gasteiger partial charge < -0.3 is 23.7 Å². The van der Waals surface area contributed by atoms with E-state index < -0.39 is 46.6 Å². The summed E-state index contributed by atoms with van der Waals surface area (Å²) in [4.78, 5) is 61.1. The molecule has 0 bridgehead atoms. The van der Waals surface area contributed by atoms with Crippen molar-refractivity contribution < 1.29 is 47.7 Å². The summed E-state index contributed by atoms with van der Waals surface area (Å²) in [6.07, 6.45) is 1.73. The Labute approximate surface area is 168 Å². The van der Waals surface area contributed by atoms with Gasteiger partial charge in [-0.3, -0.25) is 0 Å². The van der Waals surface area contributed by atoms with Gasteiger partial charge in [0, 0.05) is 6.08 Å². The number of ether oxygens (including phenoxy) is 5. The molecule has 160 valence electrons. The predicted molar refractivity (Wildman–Crippen MR) is 98.2 cm³/mol. The van der Waals surface area contributed by atoms with Gasteiger partial charge in [0.05, 0.1) is 57.3 Å². The minimum absolute atomic E-state index is 0.0480. The topological polar surface area (TPSA) is 132 Å². The van der Waals surface area contributed by atoms with Crippen molar-refractivity contribution in [3.63, 3.8) is 0 Å². The maximum absolute atomic E-state index is 12.5. The molecular weight excluding hydrogens is 388 g/mol. The number of esters is 5. The summed E-state index contributed by atoms with van der Waals surface area (Å²) < 4.78 is 23.4. The highest BCUT2D eigenvalue weighted by Crippen LogP contribution is 2.26. The van der Waals surface area contributed by atoms with Crippen LogP contribution in [0.5, 0.6) is 0 Å². The minimum atomic E-state index is -1.14. The van der Waals surface area contributed by atoms with Crippen LogP contribution < -0.4 is 0 Å². The van der Waals surface area contributed by atoms with Crippen LogP contribution in [0.15, 0.2) is 34.4 Å². The first-order valence-corrected chi connectivity index (χ1v) is 8.39. The van der Waals surface area contributed by atoms with Gasteiger partial charge in [-0.05, 0) is 19.4 Å². The van der Waals surface area contributed by atoms with E-state index in [0.29, 0.717) is 0 Å². The second kappa shape index (κ2) is 12.9. The van der Waals surface area contributed by atoms with Crippen molar-refractivity contribution in [2.75, 3.05) is 35.0 Å². The molecule has 0 aliphatic carbocycles. The van der Waals surface area contributed by atoms with Crippen LogP contribution in [-0.4, -0.2) is 64.9 Å². The molecule has 0 spiro atoms. The van der Waals surface area contributed by atoms with Crippen molar-refractivity contribution in [1.82, 2.24) is 0 Å². The highest BCUT2D eigenvalue weighted by atomic mass is 16.5. The van der Waals surface area contributed by atoms with Crippen LogP contribution in [0.3, 0.4) is 0 Å². The van der Waals surface area contributed by atoms with E-state index in [1.807, 2.05) is 0 Å². The summed E-state index contributed by atoms with van der Waals surface area (Å²) in [5, 5.41) is 0. The fraction of sp³-hybridized carbons (Fsp3) is 0.421. The number of methoxy groups -OCH3 is 4. The van der Waals surface area contributed by atoms with Gasteiger partial charge in [0.2, 0.25) is 0 Å². The second-order valence-electron chi connectivity index (χ2n) is 5.05. The third kappa shape index (κ3) is 6.91.